The number of aromatic nitrogens is 1. The fourth-order valence-electron chi connectivity index (χ4n) is 3.17. The highest BCUT2D eigenvalue weighted by Gasteiger charge is 2.15. The van der Waals surface area contributed by atoms with Crippen molar-refractivity contribution in [2.75, 3.05) is 13.7 Å². The van der Waals surface area contributed by atoms with E-state index in [1.165, 1.54) is 17.5 Å². The van der Waals surface area contributed by atoms with Crippen LogP contribution in [0.5, 0.6) is 5.75 Å². The minimum absolute atomic E-state index is 0.0419. The van der Waals surface area contributed by atoms with Crippen molar-refractivity contribution in [3.63, 3.8) is 0 Å². The van der Waals surface area contributed by atoms with Gasteiger partial charge in [-0.05, 0) is 54.7 Å². The molecule has 0 atom stereocenters. The van der Waals surface area contributed by atoms with Gasteiger partial charge in [-0.3, -0.25) is 4.79 Å². The topological polar surface area (TPSA) is 42.4 Å². The van der Waals surface area contributed by atoms with E-state index in [0.717, 1.165) is 33.8 Å². The Kier molecular flexibility index (Phi) is 4.40. The largest absolute Gasteiger partial charge is 0.484 e. The zero-order valence-electron chi connectivity index (χ0n) is 14.2. The molecule has 25 heavy (non-hydrogen) atoms. The lowest BCUT2D eigenvalue weighted by atomic mass is 10.1. The minimum atomic E-state index is -0.0419. The number of carbonyl (C=O) groups is 1. The summed E-state index contributed by atoms with van der Waals surface area (Å²) in [5.41, 5.74) is 3.75. The molecule has 128 valence electrons. The van der Waals surface area contributed by atoms with Gasteiger partial charge in [0.15, 0.2) is 6.61 Å². The molecule has 2 aromatic carbocycles. The summed E-state index contributed by atoms with van der Waals surface area (Å²) in [5.74, 6) is 0.738. The molecule has 4 rings (SSSR count). The van der Waals surface area contributed by atoms with E-state index < -0.39 is 0 Å². The van der Waals surface area contributed by atoms with Gasteiger partial charge >= 0.3 is 0 Å². The Balaban J connectivity index is 1.35. The van der Waals surface area contributed by atoms with E-state index in [4.69, 9.17) is 4.74 Å². The summed E-state index contributed by atoms with van der Waals surface area (Å²) in [6.45, 7) is 0.561. The summed E-state index contributed by atoms with van der Waals surface area (Å²) < 4.78 is 6.85. The van der Waals surface area contributed by atoms with Crippen molar-refractivity contribution in [3.05, 3.63) is 58.6 Å². The van der Waals surface area contributed by atoms with Gasteiger partial charge in [0.25, 0.3) is 5.91 Å². The molecule has 0 unspecified atom stereocenters. The number of likely N-dealkylation sites (N-methyl/N-ethyl adjacent to an activating group) is 1. The van der Waals surface area contributed by atoms with E-state index in [2.05, 4.69) is 23.2 Å². The number of fused-ring (bicyclic) bond motifs is 2. The Morgan fingerprint density at radius 3 is 2.92 bits per heavy atom. The average molecular weight is 352 g/mol. The van der Waals surface area contributed by atoms with E-state index in [1.807, 2.05) is 24.3 Å². The van der Waals surface area contributed by atoms with E-state index in [-0.39, 0.29) is 12.5 Å². The predicted octanol–water partition coefficient (Wildman–Crippen LogP) is 3.82. The summed E-state index contributed by atoms with van der Waals surface area (Å²) in [4.78, 5) is 18.6. The van der Waals surface area contributed by atoms with Crippen LogP contribution in [0, 0.1) is 0 Å². The third-order valence-electron chi connectivity index (χ3n) is 4.57. The molecular weight excluding hydrogens is 332 g/mol. The molecule has 1 amide bonds. The predicted molar refractivity (Wildman–Crippen MR) is 100 cm³/mol. The van der Waals surface area contributed by atoms with Gasteiger partial charge < -0.3 is 9.64 Å². The third-order valence-corrected chi connectivity index (χ3v) is 5.59. The number of rotatable bonds is 5. The number of hydrogen-bond donors (Lipinski definition) is 0. The molecule has 0 N–H and O–H groups in total. The summed E-state index contributed by atoms with van der Waals surface area (Å²) in [5, 5.41) is 0.939. The molecular formula is C20H20N2O2S. The standard InChI is InChI=1S/C20H20N2O2S/c1-22(12-19-21-17-7-2-3-8-18(17)25-19)20(23)13-24-16-10-9-14-5-4-6-15(14)11-16/h2-3,7-11H,4-6,12-13H2,1H3. The number of aryl methyl sites for hydroxylation is 2. The SMILES string of the molecule is CN(Cc1nc2ccccc2s1)C(=O)COc1ccc2c(c1)CCC2. The summed E-state index contributed by atoms with van der Waals surface area (Å²) in [7, 11) is 1.79. The van der Waals surface area contributed by atoms with E-state index in [9.17, 15) is 4.79 Å². The molecule has 0 bridgehead atoms. The van der Waals surface area contributed by atoms with Gasteiger partial charge in [0, 0.05) is 7.05 Å². The zero-order valence-corrected chi connectivity index (χ0v) is 15.0. The first-order valence-electron chi connectivity index (χ1n) is 8.52. The highest BCUT2D eigenvalue weighted by molar-refractivity contribution is 7.18. The van der Waals surface area contributed by atoms with Crippen LogP contribution in [0.15, 0.2) is 42.5 Å². The maximum absolute atomic E-state index is 12.3. The molecule has 0 spiro atoms. The molecule has 0 fully saturated rings. The first kappa shape index (κ1) is 16.1. The van der Waals surface area contributed by atoms with Gasteiger partial charge in [-0.25, -0.2) is 4.98 Å². The van der Waals surface area contributed by atoms with Crippen LogP contribution in [0.3, 0.4) is 0 Å². The molecule has 0 saturated heterocycles. The highest BCUT2D eigenvalue weighted by Crippen LogP contribution is 2.26. The van der Waals surface area contributed by atoms with Crippen LogP contribution in [0.25, 0.3) is 10.2 Å². The van der Waals surface area contributed by atoms with E-state index in [1.54, 1.807) is 23.3 Å². The quantitative estimate of drug-likeness (QED) is 0.701. The first-order valence-corrected chi connectivity index (χ1v) is 9.34. The van der Waals surface area contributed by atoms with Gasteiger partial charge in [-0.15, -0.1) is 11.3 Å². The number of nitrogens with zero attached hydrogens (tertiary/aromatic N) is 2. The molecule has 3 aromatic rings. The number of amides is 1. The molecule has 0 radical (unpaired) electrons. The lowest BCUT2D eigenvalue weighted by molar-refractivity contribution is -0.132. The Bertz CT molecular complexity index is 886. The van der Waals surface area contributed by atoms with Gasteiger partial charge in [0.1, 0.15) is 10.8 Å². The second kappa shape index (κ2) is 6.84. The average Bonchev–Trinajstić information content (AvgIpc) is 3.24. The molecule has 5 heteroatoms. The van der Waals surface area contributed by atoms with Crippen molar-refractivity contribution in [1.29, 1.82) is 0 Å². The number of benzene rings is 2. The van der Waals surface area contributed by atoms with Crippen LogP contribution in [0.4, 0.5) is 0 Å². The summed E-state index contributed by atoms with van der Waals surface area (Å²) in [6, 6.07) is 14.2. The molecule has 1 aliphatic rings. The van der Waals surface area contributed by atoms with Crippen molar-refractivity contribution in [3.8, 4) is 5.75 Å². The Labute approximate surface area is 151 Å². The molecule has 0 saturated carbocycles. The fourth-order valence-corrected chi connectivity index (χ4v) is 4.19. The molecule has 1 heterocycles. The monoisotopic (exact) mass is 352 g/mol. The van der Waals surface area contributed by atoms with Crippen LogP contribution < -0.4 is 4.74 Å². The number of para-hydroxylation sites is 1. The van der Waals surface area contributed by atoms with E-state index >= 15 is 0 Å². The maximum Gasteiger partial charge on any atom is 0.260 e. The van der Waals surface area contributed by atoms with Gasteiger partial charge in [-0.2, -0.15) is 0 Å². The second-order valence-corrected chi connectivity index (χ2v) is 7.51. The van der Waals surface area contributed by atoms with Crippen molar-refractivity contribution in [2.24, 2.45) is 0 Å². The third kappa shape index (κ3) is 3.51. The van der Waals surface area contributed by atoms with Crippen molar-refractivity contribution in [1.82, 2.24) is 9.88 Å². The van der Waals surface area contributed by atoms with Crippen molar-refractivity contribution < 1.29 is 9.53 Å². The Morgan fingerprint density at radius 2 is 2.04 bits per heavy atom. The Morgan fingerprint density at radius 1 is 1.20 bits per heavy atom. The molecule has 0 aliphatic heterocycles. The lowest BCUT2D eigenvalue weighted by Crippen LogP contribution is -2.30. The van der Waals surface area contributed by atoms with Crippen LogP contribution in [-0.2, 0) is 24.2 Å². The number of thiazole rings is 1. The molecule has 1 aromatic heterocycles. The van der Waals surface area contributed by atoms with E-state index in [0.29, 0.717) is 6.54 Å². The van der Waals surface area contributed by atoms with Crippen molar-refractivity contribution in [2.45, 2.75) is 25.8 Å². The van der Waals surface area contributed by atoms with Crippen LogP contribution in [-0.4, -0.2) is 29.4 Å². The van der Waals surface area contributed by atoms with Gasteiger partial charge in [-0.1, -0.05) is 18.2 Å². The Hall–Kier alpha value is -2.40. The van der Waals surface area contributed by atoms with Crippen LogP contribution >= 0.6 is 11.3 Å². The molecule has 4 nitrogen and oxygen atoms in total. The van der Waals surface area contributed by atoms with Crippen molar-refractivity contribution >= 4 is 27.5 Å². The fraction of sp³-hybridized carbons (Fsp3) is 0.300. The maximum atomic E-state index is 12.3. The first-order chi connectivity index (χ1) is 12.2. The summed E-state index contributed by atoms with van der Waals surface area (Å²) >= 11 is 1.63. The zero-order chi connectivity index (χ0) is 17.2. The number of hydrogen-bond acceptors (Lipinski definition) is 4. The second-order valence-electron chi connectivity index (χ2n) is 6.40. The smallest absolute Gasteiger partial charge is 0.260 e. The van der Waals surface area contributed by atoms with Crippen LogP contribution in [0.2, 0.25) is 0 Å². The summed E-state index contributed by atoms with van der Waals surface area (Å²) in [6.07, 6.45) is 3.47. The van der Waals surface area contributed by atoms with Gasteiger partial charge in [0.2, 0.25) is 0 Å². The number of ether oxygens (including phenoxy) is 1. The number of carbonyl (C=O) groups excluding carboxylic acids is 1. The normalized spacial score (nSPS) is 13.0. The minimum Gasteiger partial charge on any atom is -0.484 e. The highest BCUT2D eigenvalue weighted by atomic mass is 32.1. The van der Waals surface area contributed by atoms with Gasteiger partial charge in [0.05, 0.1) is 16.8 Å². The van der Waals surface area contributed by atoms with Crippen LogP contribution in [0.1, 0.15) is 22.6 Å². The molecule has 1 aliphatic carbocycles. The lowest BCUT2D eigenvalue weighted by Gasteiger charge is -2.16.